The molecule has 0 spiro atoms. The summed E-state index contributed by atoms with van der Waals surface area (Å²) < 4.78 is 5.60. The van der Waals surface area contributed by atoms with Crippen LogP contribution in [0.5, 0.6) is 5.75 Å². The van der Waals surface area contributed by atoms with Crippen molar-refractivity contribution in [3.8, 4) is 5.75 Å². The Morgan fingerprint density at radius 3 is 2.84 bits per heavy atom. The lowest BCUT2D eigenvalue weighted by atomic mass is 9.90. The number of ether oxygens (including phenoxy) is 1. The molecule has 3 rings (SSSR count). The third-order valence-electron chi connectivity index (χ3n) is 4.54. The topological polar surface area (TPSA) is 64.1 Å². The highest BCUT2D eigenvalue weighted by Gasteiger charge is 2.20. The Morgan fingerprint density at radius 1 is 1.28 bits per heavy atom. The predicted octanol–water partition coefficient (Wildman–Crippen LogP) is 4.73. The maximum atomic E-state index is 12.1. The summed E-state index contributed by atoms with van der Waals surface area (Å²) in [6.45, 7) is 4.23. The third-order valence-corrected chi connectivity index (χ3v) is 5.54. The summed E-state index contributed by atoms with van der Waals surface area (Å²) in [5.74, 6) is 1.44. The number of carbonyl (C=O) groups excluding carboxylic acids is 1. The van der Waals surface area contributed by atoms with E-state index in [4.69, 9.17) is 4.74 Å². The van der Waals surface area contributed by atoms with Gasteiger partial charge in [0.1, 0.15) is 10.8 Å². The fraction of sp³-hybridized carbons (Fsp3) is 0.526. The average Bonchev–Trinajstić information content (AvgIpc) is 3.09. The average molecular weight is 359 g/mol. The van der Waals surface area contributed by atoms with Gasteiger partial charge in [0, 0.05) is 5.92 Å². The predicted molar refractivity (Wildman–Crippen MR) is 100 cm³/mol. The lowest BCUT2D eigenvalue weighted by Crippen LogP contribution is -2.20. The van der Waals surface area contributed by atoms with E-state index in [1.165, 1.54) is 49.0 Å². The number of nitrogens with one attached hydrogen (secondary N) is 1. The van der Waals surface area contributed by atoms with E-state index in [9.17, 15) is 4.79 Å². The van der Waals surface area contributed by atoms with E-state index in [-0.39, 0.29) is 12.5 Å². The molecule has 1 N–H and O–H groups in total. The molecule has 1 heterocycles. The van der Waals surface area contributed by atoms with Crippen LogP contribution in [0.3, 0.4) is 0 Å². The maximum Gasteiger partial charge on any atom is 0.264 e. The highest BCUT2D eigenvalue weighted by atomic mass is 32.1. The largest absolute Gasteiger partial charge is 0.484 e. The normalized spacial score (nSPS) is 15.3. The van der Waals surface area contributed by atoms with Gasteiger partial charge >= 0.3 is 0 Å². The van der Waals surface area contributed by atoms with E-state index < -0.39 is 0 Å². The molecule has 1 aromatic heterocycles. The maximum absolute atomic E-state index is 12.1. The van der Waals surface area contributed by atoms with Crippen LogP contribution in [0.25, 0.3) is 0 Å². The number of rotatable bonds is 6. The van der Waals surface area contributed by atoms with Gasteiger partial charge < -0.3 is 4.74 Å². The van der Waals surface area contributed by atoms with Gasteiger partial charge in [-0.15, -0.1) is 10.2 Å². The number of hydrogen-bond donors (Lipinski definition) is 1. The second kappa shape index (κ2) is 8.43. The van der Waals surface area contributed by atoms with Crippen molar-refractivity contribution in [2.75, 3.05) is 11.9 Å². The van der Waals surface area contributed by atoms with Crippen molar-refractivity contribution >= 4 is 22.4 Å². The molecule has 0 saturated heterocycles. The zero-order valence-electron chi connectivity index (χ0n) is 14.8. The Morgan fingerprint density at radius 2 is 2.08 bits per heavy atom. The molecule has 0 bridgehead atoms. The van der Waals surface area contributed by atoms with Crippen LogP contribution in [0.1, 0.15) is 68.4 Å². The van der Waals surface area contributed by atoms with Gasteiger partial charge in [-0.3, -0.25) is 10.1 Å². The number of hydrogen-bond acceptors (Lipinski definition) is 5. The number of benzene rings is 1. The van der Waals surface area contributed by atoms with Crippen molar-refractivity contribution in [1.29, 1.82) is 0 Å². The molecular weight excluding hydrogens is 334 g/mol. The summed E-state index contributed by atoms with van der Waals surface area (Å²) >= 11 is 1.49. The van der Waals surface area contributed by atoms with Crippen molar-refractivity contribution in [2.45, 2.75) is 57.8 Å². The molecule has 134 valence electrons. The Hall–Kier alpha value is -1.95. The minimum absolute atomic E-state index is 0.0279. The lowest BCUT2D eigenvalue weighted by molar-refractivity contribution is -0.118. The van der Waals surface area contributed by atoms with Crippen LogP contribution >= 0.6 is 11.3 Å². The molecule has 1 fully saturated rings. The third kappa shape index (κ3) is 5.01. The number of amides is 1. The summed E-state index contributed by atoms with van der Waals surface area (Å²) in [6.07, 6.45) is 6.19. The van der Waals surface area contributed by atoms with E-state index in [0.717, 1.165) is 5.01 Å². The molecule has 5 nitrogen and oxygen atoms in total. The van der Waals surface area contributed by atoms with Crippen molar-refractivity contribution in [3.63, 3.8) is 0 Å². The van der Waals surface area contributed by atoms with Gasteiger partial charge in [-0.05, 0) is 36.5 Å². The van der Waals surface area contributed by atoms with E-state index in [1.54, 1.807) is 0 Å². The summed E-state index contributed by atoms with van der Waals surface area (Å²) in [6, 6.07) is 7.85. The second-order valence-electron chi connectivity index (χ2n) is 6.84. The first kappa shape index (κ1) is 17.9. The monoisotopic (exact) mass is 359 g/mol. The summed E-state index contributed by atoms with van der Waals surface area (Å²) in [4.78, 5) is 12.1. The smallest absolute Gasteiger partial charge is 0.264 e. The van der Waals surface area contributed by atoms with E-state index in [2.05, 4.69) is 35.4 Å². The molecule has 2 aromatic rings. The summed E-state index contributed by atoms with van der Waals surface area (Å²) in [5, 5.41) is 12.8. The van der Waals surface area contributed by atoms with Gasteiger partial charge in [-0.1, -0.05) is 56.6 Å². The molecule has 25 heavy (non-hydrogen) atoms. The fourth-order valence-corrected chi connectivity index (χ4v) is 4.00. The Labute approximate surface area is 152 Å². The first-order valence-electron chi connectivity index (χ1n) is 8.98. The zero-order chi connectivity index (χ0) is 17.6. The van der Waals surface area contributed by atoms with Crippen LogP contribution in [0.4, 0.5) is 5.13 Å². The quantitative estimate of drug-likeness (QED) is 0.810. The van der Waals surface area contributed by atoms with Gasteiger partial charge in [0.05, 0.1) is 0 Å². The molecule has 6 heteroatoms. The summed E-state index contributed by atoms with van der Waals surface area (Å²) in [7, 11) is 0. The first-order valence-corrected chi connectivity index (χ1v) is 9.79. The molecule has 1 aliphatic rings. The highest BCUT2D eigenvalue weighted by molar-refractivity contribution is 7.15. The number of nitrogens with zero attached hydrogens (tertiary/aromatic N) is 2. The van der Waals surface area contributed by atoms with E-state index >= 15 is 0 Å². The van der Waals surface area contributed by atoms with Gasteiger partial charge in [0.2, 0.25) is 5.13 Å². The van der Waals surface area contributed by atoms with Gasteiger partial charge in [-0.2, -0.15) is 0 Å². The van der Waals surface area contributed by atoms with Crippen molar-refractivity contribution < 1.29 is 9.53 Å². The van der Waals surface area contributed by atoms with Crippen LogP contribution in [-0.2, 0) is 4.79 Å². The molecule has 0 radical (unpaired) electrons. The molecule has 1 aliphatic carbocycles. The minimum Gasteiger partial charge on any atom is -0.484 e. The van der Waals surface area contributed by atoms with Crippen LogP contribution in [-0.4, -0.2) is 22.7 Å². The number of anilines is 1. The molecule has 0 aliphatic heterocycles. The van der Waals surface area contributed by atoms with Crippen LogP contribution in [0.2, 0.25) is 0 Å². The molecule has 0 atom stereocenters. The first-order chi connectivity index (χ1) is 12.1. The van der Waals surface area contributed by atoms with Crippen molar-refractivity contribution in [2.24, 2.45) is 0 Å². The number of aromatic nitrogens is 2. The van der Waals surface area contributed by atoms with Crippen LogP contribution in [0.15, 0.2) is 24.3 Å². The lowest BCUT2D eigenvalue weighted by Gasteiger charge is -2.18. The Kier molecular flexibility index (Phi) is 6.02. The molecule has 1 aromatic carbocycles. The van der Waals surface area contributed by atoms with E-state index in [1.807, 2.05) is 18.2 Å². The second-order valence-corrected chi connectivity index (χ2v) is 7.85. The molecular formula is C19H25N3O2S. The van der Waals surface area contributed by atoms with Crippen LogP contribution < -0.4 is 10.1 Å². The van der Waals surface area contributed by atoms with Crippen LogP contribution in [0, 0.1) is 0 Å². The Bertz CT molecular complexity index is 708. The number of carbonyl (C=O) groups is 1. The zero-order valence-corrected chi connectivity index (χ0v) is 15.6. The minimum atomic E-state index is -0.207. The van der Waals surface area contributed by atoms with Gasteiger partial charge in [-0.25, -0.2) is 0 Å². The SMILES string of the molecule is CC(C)c1cccc(OCC(=O)Nc2nnc(C3CCCCC3)s2)c1. The van der Waals surface area contributed by atoms with Crippen molar-refractivity contribution in [3.05, 3.63) is 34.8 Å². The van der Waals surface area contributed by atoms with Crippen molar-refractivity contribution in [1.82, 2.24) is 10.2 Å². The fourth-order valence-electron chi connectivity index (χ4n) is 3.07. The standard InChI is InChI=1S/C19H25N3O2S/c1-13(2)15-9-6-10-16(11-15)24-12-17(23)20-19-22-21-18(25-19)14-7-4-3-5-8-14/h6,9-11,13-14H,3-5,7-8,12H2,1-2H3,(H,20,22,23). The van der Waals surface area contributed by atoms with E-state index in [0.29, 0.717) is 22.7 Å². The van der Waals surface area contributed by atoms with Gasteiger partial charge in [0.15, 0.2) is 6.61 Å². The summed E-state index contributed by atoms with van der Waals surface area (Å²) in [5.41, 5.74) is 1.19. The molecule has 0 unspecified atom stereocenters. The molecule has 1 saturated carbocycles. The van der Waals surface area contributed by atoms with Gasteiger partial charge in [0.25, 0.3) is 5.91 Å². The molecule has 1 amide bonds. The highest BCUT2D eigenvalue weighted by Crippen LogP contribution is 2.35. The Balaban J connectivity index is 1.51.